The van der Waals surface area contributed by atoms with Crippen LogP contribution in [-0.2, 0) is 6.18 Å². The molecule has 98 valence electrons. The highest BCUT2D eigenvalue weighted by Crippen LogP contribution is 2.33. The summed E-state index contributed by atoms with van der Waals surface area (Å²) in [7, 11) is 0. The predicted octanol–water partition coefficient (Wildman–Crippen LogP) is 2.69. The summed E-state index contributed by atoms with van der Waals surface area (Å²) in [5, 5.41) is 17.6. The fourth-order valence-corrected chi connectivity index (χ4v) is 1.37. The largest absolute Gasteiger partial charge is 0.470 e. The van der Waals surface area contributed by atoms with Crippen LogP contribution in [0.15, 0.2) is 18.2 Å². The van der Waals surface area contributed by atoms with Gasteiger partial charge in [0, 0.05) is 5.01 Å². The van der Waals surface area contributed by atoms with Crippen molar-refractivity contribution >= 4 is 11.8 Å². The van der Waals surface area contributed by atoms with Crippen LogP contribution in [-0.4, -0.2) is 16.2 Å². The van der Waals surface area contributed by atoms with Crippen LogP contribution in [0.4, 0.5) is 23.7 Å². The number of nitrogens with zero attached hydrogens (tertiary/aromatic N) is 2. The molecule has 6 nitrogen and oxygen atoms in total. The third-order valence-corrected chi connectivity index (χ3v) is 2.10. The second-order valence-corrected chi connectivity index (χ2v) is 3.33. The van der Waals surface area contributed by atoms with E-state index in [1.165, 1.54) is 0 Å². The van der Waals surface area contributed by atoms with Crippen molar-refractivity contribution in [2.75, 3.05) is 5.01 Å². The van der Waals surface area contributed by atoms with Crippen LogP contribution in [0.1, 0.15) is 11.1 Å². The van der Waals surface area contributed by atoms with Crippen molar-refractivity contribution < 1.29 is 28.1 Å². The number of hydrogen-bond acceptors (Lipinski definition) is 3. The van der Waals surface area contributed by atoms with E-state index in [2.05, 4.69) is 0 Å². The van der Waals surface area contributed by atoms with Gasteiger partial charge >= 0.3 is 12.3 Å². The number of anilines is 1. The van der Waals surface area contributed by atoms with Gasteiger partial charge in [0.15, 0.2) is 5.03 Å². The minimum absolute atomic E-state index is 0.257. The maximum atomic E-state index is 12.4. The van der Waals surface area contributed by atoms with E-state index in [0.29, 0.717) is 6.07 Å². The SMILES string of the molecule is Cc1cc(N(C(=O)O)[N+](=O)[O-])ccc1C(F)(F)F. The number of amides is 1. The number of nitro groups is 1. The Bertz CT molecular complexity index is 487. The lowest BCUT2D eigenvalue weighted by Crippen LogP contribution is -2.35. The van der Waals surface area contributed by atoms with Crippen LogP contribution in [0.3, 0.4) is 0 Å². The van der Waals surface area contributed by atoms with Gasteiger partial charge in [-0.1, -0.05) is 0 Å². The van der Waals surface area contributed by atoms with Crippen molar-refractivity contribution in [3.8, 4) is 0 Å². The number of carbonyl (C=O) groups is 1. The van der Waals surface area contributed by atoms with Crippen LogP contribution in [0.25, 0.3) is 0 Å². The van der Waals surface area contributed by atoms with E-state index in [1.807, 2.05) is 0 Å². The normalized spacial score (nSPS) is 11.1. The van der Waals surface area contributed by atoms with E-state index in [-0.39, 0.29) is 10.6 Å². The molecule has 1 aromatic rings. The zero-order chi connectivity index (χ0) is 14.1. The van der Waals surface area contributed by atoms with Gasteiger partial charge in [-0.05, 0) is 30.7 Å². The average Bonchev–Trinajstić information content (AvgIpc) is 2.13. The van der Waals surface area contributed by atoms with E-state index in [9.17, 15) is 28.1 Å². The molecule has 9 heteroatoms. The first kappa shape index (κ1) is 13.7. The molecule has 0 saturated heterocycles. The van der Waals surface area contributed by atoms with Crippen molar-refractivity contribution in [1.29, 1.82) is 0 Å². The van der Waals surface area contributed by atoms with Gasteiger partial charge in [0.2, 0.25) is 0 Å². The molecule has 0 aliphatic heterocycles. The first-order valence-electron chi connectivity index (χ1n) is 4.50. The molecule has 1 amide bonds. The van der Waals surface area contributed by atoms with E-state index in [1.54, 1.807) is 0 Å². The minimum Gasteiger partial charge on any atom is -0.461 e. The molecule has 0 unspecified atom stereocenters. The van der Waals surface area contributed by atoms with Crippen LogP contribution in [0.2, 0.25) is 0 Å². The molecule has 1 N–H and O–H groups in total. The number of hydrazine groups is 1. The zero-order valence-corrected chi connectivity index (χ0v) is 8.93. The highest BCUT2D eigenvalue weighted by Gasteiger charge is 2.34. The number of benzene rings is 1. The third-order valence-electron chi connectivity index (χ3n) is 2.10. The molecule has 0 aliphatic carbocycles. The Labute approximate surface area is 98.4 Å². The molecular formula is C9H7F3N2O4. The Balaban J connectivity index is 3.26. The molecule has 0 radical (unpaired) electrons. The standard InChI is InChI=1S/C9H7F3N2O4/c1-5-4-6(13(8(15)16)14(17)18)2-3-7(5)9(10,11)12/h2-4H,1H3,(H,15,16). The fraction of sp³-hybridized carbons (Fsp3) is 0.222. The lowest BCUT2D eigenvalue weighted by molar-refractivity contribution is -0.483. The summed E-state index contributed by atoms with van der Waals surface area (Å²) in [5.74, 6) is 0. The van der Waals surface area contributed by atoms with E-state index in [4.69, 9.17) is 5.11 Å². The maximum Gasteiger partial charge on any atom is 0.470 e. The molecule has 0 atom stereocenters. The molecule has 0 saturated carbocycles. The van der Waals surface area contributed by atoms with Crippen molar-refractivity contribution in [2.24, 2.45) is 0 Å². The number of rotatable bonds is 2. The molecule has 1 aromatic carbocycles. The Morgan fingerprint density at radius 1 is 1.44 bits per heavy atom. The number of hydrogen-bond donors (Lipinski definition) is 1. The highest BCUT2D eigenvalue weighted by atomic mass is 19.4. The second kappa shape index (κ2) is 4.51. The van der Waals surface area contributed by atoms with E-state index >= 15 is 0 Å². The van der Waals surface area contributed by atoms with Crippen LogP contribution in [0, 0.1) is 17.0 Å². The first-order valence-corrected chi connectivity index (χ1v) is 4.50. The summed E-state index contributed by atoms with van der Waals surface area (Å²) >= 11 is 0. The van der Waals surface area contributed by atoms with Gasteiger partial charge in [-0.2, -0.15) is 13.2 Å². The summed E-state index contributed by atoms with van der Waals surface area (Å²) < 4.78 is 37.3. The molecule has 0 aliphatic rings. The van der Waals surface area contributed by atoms with Gasteiger partial charge in [0.05, 0.1) is 5.56 Å². The third kappa shape index (κ3) is 2.67. The van der Waals surface area contributed by atoms with Gasteiger partial charge in [0.25, 0.3) is 0 Å². The van der Waals surface area contributed by atoms with Crippen LogP contribution in [0.5, 0.6) is 0 Å². The highest BCUT2D eigenvalue weighted by molar-refractivity contribution is 5.83. The Morgan fingerprint density at radius 3 is 2.33 bits per heavy atom. The lowest BCUT2D eigenvalue weighted by atomic mass is 10.1. The average molecular weight is 264 g/mol. The van der Waals surface area contributed by atoms with Crippen LogP contribution < -0.4 is 5.01 Å². The number of aryl methyl sites for hydroxylation is 1. The Kier molecular flexibility index (Phi) is 3.44. The van der Waals surface area contributed by atoms with Crippen LogP contribution >= 0.6 is 0 Å². The minimum atomic E-state index is -4.59. The van der Waals surface area contributed by atoms with Gasteiger partial charge in [-0.3, -0.25) is 0 Å². The smallest absolute Gasteiger partial charge is 0.461 e. The van der Waals surface area contributed by atoms with Crippen molar-refractivity contribution in [2.45, 2.75) is 13.1 Å². The zero-order valence-electron chi connectivity index (χ0n) is 8.93. The van der Waals surface area contributed by atoms with Crippen molar-refractivity contribution in [1.82, 2.24) is 0 Å². The van der Waals surface area contributed by atoms with Crippen molar-refractivity contribution in [3.63, 3.8) is 0 Å². The molecule has 1 rings (SSSR count). The summed E-state index contributed by atoms with van der Waals surface area (Å²) in [6.07, 6.45) is -6.48. The Hall–Kier alpha value is -2.32. The Morgan fingerprint density at radius 2 is 2.00 bits per heavy atom. The molecule has 0 aromatic heterocycles. The quantitative estimate of drug-likeness (QED) is 0.657. The summed E-state index contributed by atoms with van der Waals surface area (Å²) in [6.45, 7) is 1.09. The molecule has 0 bridgehead atoms. The van der Waals surface area contributed by atoms with Gasteiger partial charge < -0.3 is 5.11 Å². The summed E-state index contributed by atoms with van der Waals surface area (Å²) in [6, 6.07) is 2.12. The molecule has 0 fully saturated rings. The number of alkyl halides is 3. The summed E-state index contributed by atoms with van der Waals surface area (Å²) in [4.78, 5) is 21.1. The first-order chi connectivity index (χ1) is 8.14. The van der Waals surface area contributed by atoms with Gasteiger partial charge in [-0.25, -0.2) is 14.9 Å². The summed E-state index contributed by atoms with van der Waals surface area (Å²) in [5.41, 5.74) is -1.73. The lowest BCUT2D eigenvalue weighted by Gasteiger charge is -2.13. The predicted molar refractivity (Wildman–Crippen MR) is 53.7 cm³/mol. The van der Waals surface area contributed by atoms with Gasteiger partial charge in [0.1, 0.15) is 5.69 Å². The second-order valence-electron chi connectivity index (χ2n) is 3.33. The molecule has 18 heavy (non-hydrogen) atoms. The molecule has 0 heterocycles. The fourth-order valence-electron chi connectivity index (χ4n) is 1.37. The maximum absolute atomic E-state index is 12.4. The van der Waals surface area contributed by atoms with E-state index < -0.39 is 28.6 Å². The topological polar surface area (TPSA) is 83.7 Å². The van der Waals surface area contributed by atoms with Gasteiger partial charge in [-0.15, -0.1) is 0 Å². The van der Waals surface area contributed by atoms with Crippen molar-refractivity contribution in [3.05, 3.63) is 39.4 Å². The molecule has 0 spiro atoms. The monoisotopic (exact) mass is 264 g/mol. The number of carboxylic acid groups (broad SMARTS) is 1. The number of halogens is 3. The molecular weight excluding hydrogens is 257 g/mol. The van der Waals surface area contributed by atoms with E-state index in [0.717, 1.165) is 19.1 Å².